The summed E-state index contributed by atoms with van der Waals surface area (Å²) in [6, 6.07) is 6.02. The second kappa shape index (κ2) is 5.33. The Morgan fingerprint density at radius 1 is 1.24 bits per heavy atom. The van der Waals surface area contributed by atoms with Crippen molar-refractivity contribution in [3.8, 4) is 6.07 Å². The first-order valence-corrected chi connectivity index (χ1v) is 7.15. The molecule has 1 aliphatic heterocycles. The number of amides is 1. The summed E-state index contributed by atoms with van der Waals surface area (Å²) in [6.45, 7) is 8.08. The van der Waals surface area contributed by atoms with Crippen LogP contribution in [0.5, 0.6) is 0 Å². The number of anilines is 1. The Bertz CT molecular complexity index is 653. The Morgan fingerprint density at radius 2 is 1.90 bits per heavy atom. The molecular weight excluding hydrogens is 264 g/mol. The lowest BCUT2D eigenvalue weighted by Crippen LogP contribution is -2.31. The van der Waals surface area contributed by atoms with E-state index in [4.69, 9.17) is 5.26 Å². The van der Waals surface area contributed by atoms with Gasteiger partial charge in [0.25, 0.3) is 11.7 Å². The Morgan fingerprint density at radius 3 is 2.52 bits per heavy atom. The molecule has 1 aromatic rings. The van der Waals surface area contributed by atoms with Crippen LogP contribution in [0.4, 0.5) is 5.69 Å². The topological polar surface area (TPSA) is 61.2 Å². The highest BCUT2D eigenvalue weighted by atomic mass is 16.2. The number of ketones is 1. The monoisotopic (exact) mass is 284 g/mol. The van der Waals surface area contributed by atoms with Gasteiger partial charge in [-0.1, -0.05) is 6.07 Å². The maximum absolute atomic E-state index is 12.2. The van der Waals surface area contributed by atoms with E-state index in [9.17, 15) is 9.59 Å². The van der Waals surface area contributed by atoms with Gasteiger partial charge < -0.3 is 4.90 Å². The Hall–Kier alpha value is -2.15. The third-order valence-electron chi connectivity index (χ3n) is 3.88. The molecule has 0 aromatic heterocycles. The molecule has 1 aromatic carbocycles. The standard InChI is InChI=1S/C17H20N2O2/c1-11-8-12(2)14-13(9-11)15(20)16(21)19(14)7-5-6-17(3,4)10-18/h8-9H,5-7H2,1-4H3. The lowest BCUT2D eigenvalue weighted by atomic mass is 9.90. The molecule has 0 atom stereocenters. The Labute approximate surface area is 125 Å². The minimum absolute atomic E-state index is 0.405. The van der Waals surface area contributed by atoms with Crippen molar-refractivity contribution < 1.29 is 9.59 Å². The number of Topliss-reactive ketones (excluding diaryl/α,β-unsaturated/α-hetero) is 1. The molecule has 0 saturated carbocycles. The van der Waals surface area contributed by atoms with Crippen molar-refractivity contribution in [1.29, 1.82) is 5.26 Å². The van der Waals surface area contributed by atoms with E-state index in [1.165, 1.54) is 0 Å². The molecule has 1 heterocycles. The van der Waals surface area contributed by atoms with E-state index < -0.39 is 17.1 Å². The van der Waals surface area contributed by atoms with Gasteiger partial charge in [-0.15, -0.1) is 0 Å². The minimum atomic E-state index is -0.450. The first-order valence-electron chi connectivity index (χ1n) is 7.15. The summed E-state index contributed by atoms with van der Waals surface area (Å²) >= 11 is 0. The van der Waals surface area contributed by atoms with Gasteiger partial charge in [-0.2, -0.15) is 5.26 Å². The zero-order chi connectivity index (χ0) is 15.8. The van der Waals surface area contributed by atoms with Crippen molar-refractivity contribution in [3.05, 3.63) is 28.8 Å². The van der Waals surface area contributed by atoms with Crippen LogP contribution < -0.4 is 4.90 Å². The summed E-state index contributed by atoms with van der Waals surface area (Å²) < 4.78 is 0. The second-order valence-corrected chi connectivity index (χ2v) is 6.36. The summed E-state index contributed by atoms with van der Waals surface area (Å²) in [4.78, 5) is 25.8. The minimum Gasteiger partial charge on any atom is -0.304 e. The van der Waals surface area contributed by atoms with Crippen LogP contribution in [0.1, 0.15) is 48.2 Å². The van der Waals surface area contributed by atoms with E-state index in [0.717, 1.165) is 16.8 Å². The molecule has 0 aliphatic carbocycles. The molecule has 0 spiro atoms. The maximum atomic E-state index is 12.2. The second-order valence-electron chi connectivity index (χ2n) is 6.36. The fourth-order valence-corrected chi connectivity index (χ4v) is 2.78. The number of hydrogen-bond donors (Lipinski definition) is 0. The largest absolute Gasteiger partial charge is 0.304 e. The van der Waals surface area contributed by atoms with Gasteiger partial charge in [0.2, 0.25) is 0 Å². The zero-order valence-electron chi connectivity index (χ0n) is 13.0. The molecular formula is C17H20N2O2. The fraction of sp³-hybridized carbons (Fsp3) is 0.471. The maximum Gasteiger partial charge on any atom is 0.299 e. The molecule has 0 unspecified atom stereocenters. The van der Waals surface area contributed by atoms with Gasteiger partial charge in [0, 0.05) is 6.54 Å². The first kappa shape index (κ1) is 15.2. The highest BCUT2D eigenvalue weighted by molar-refractivity contribution is 6.52. The molecule has 4 heteroatoms. The van der Waals surface area contributed by atoms with Gasteiger partial charge in [0.1, 0.15) is 0 Å². The van der Waals surface area contributed by atoms with Gasteiger partial charge in [0.05, 0.1) is 22.7 Å². The van der Waals surface area contributed by atoms with Gasteiger partial charge in [-0.3, -0.25) is 9.59 Å². The summed E-state index contributed by atoms with van der Waals surface area (Å²) in [5.74, 6) is -0.871. The molecule has 0 saturated heterocycles. The number of rotatable bonds is 4. The summed E-state index contributed by atoms with van der Waals surface area (Å²) in [6.07, 6.45) is 1.40. The summed E-state index contributed by atoms with van der Waals surface area (Å²) in [7, 11) is 0. The average molecular weight is 284 g/mol. The molecule has 0 N–H and O–H groups in total. The van der Waals surface area contributed by atoms with Gasteiger partial charge in [-0.05, 0) is 57.7 Å². The van der Waals surface area contributed by atoms with Crippen molar-refractivity contribution in [2.45, 2.75) is 40.5 Å². The van der Waals surface area contributed by atoms with Crippen LogP contribution in [0.25, 0.3) is 0 Å². The highest BCUT2D eigenvalue weighted by Crippen LogP contribution is 2.34. The van der Waals surface area contributed by atoms with Crippen molar-refractivity contribution in [2.75, 3.05) is 11.4 Å². The number of nitriles is 1. The van der Waals surface area contributed by atoms with E-state index in [2.05, 4.69) is 6.07 Å². The third-order valence-corrected chi connectivity index (χ3v) is 3.88. The number of hydrogen-bond acceptors (Lipinski definition) is 3. The van der Waals surface area contributed by atoms with Crippen molar-refractivity contribution >= 4 is 17.4 Å². The van der Waals surface area contributed by atoms with E-state index >= 15 is 0 Å². The zero-order valence-corrected chi connectivity index (χ0v) is 13.0. The lowest BCUT2D eigenvalue weighted by Gasteiger charge is -2.21. The number of aryl methyl sites for hydroxylation is 2. The summed E-state index contributed by atoms with van der Waals surface area (Å²) in [5, 5.41) is 9.03. The normalized spacial score (nSPS) is 14.3. The van der Waals surface area contributed by atoms with E-state index in [1.54, 1.807) is 11.0 Å². The Kier molecular flexibility index (Phi) is 3.87. The lowest BCUT2D eigenvalue weighted by molar-refractivity contribution is -0.114. The van der Waals surface area contributed by atoms with Gasteiger partial charge in [0.15, 0.2) is 0 Å². The molecule has 1 amide bonds. The van der Waals surface area contributed by atoms with Crippen molar-refractivity contribution in [3.63, 3.8) is 0 Å². The van der Waals surface area contributed by atoms with E-state index in [-0.39, 0.29) is 0 Å². The molecule has 110 valence electrons. The molecule has 2 rings (SSSR count). The molecule has 21 heavy (non-hydrogen) atoms. The van der Waals surface area contributed by atoms with Crippen LogP contribution >= 0.6 is 0 Å². The van der Waals surface area contributed by atoms with Gasteiger partial charge in [-0.25, -0.2) is 0 Å². The van der Waals surface area contributed by atoms with Crippen LogP contribution in [0, 0.1) is 30.6 Å². The smallest absolute Gasteiger partial charge is 0.299 e. The highest BCUT2D eigenvalue weighted by Gasteiger charge is 2.36. The van der Waals surface area contributed by atoms with Crippen LogP contribution in [-0.4, -0.2) is 18.2 Å². The van der Waals surface area contributed by atoms with E-state index in [0.29, 0.717) is 24.9 Å². The first-order chi connectivity index (χ1) is 9.76. The third kappa shape index (κ3) is 2.82. The molecule has 4 nitrogen and oxygen atoms in total. The predicted octanol–water partition coefficient (Wildman–Crippen LogP) is 3.16. The number of benzene rings is 1. The number of carbonyl (C=O) groups is 2. The van der Waals surface area contributed by atoms with Crippen molar-refractivity contribution in [2.24, 2.45) is 5.41 Å². The van der Waals surface area contributed by atoms with E-state index in [1.807, 2.05) is 33.8 Å². The molecule has 1 aliphatic rings. The van der Waals surface area contributed by atoms with Gasteiger partial charge >= 0.3 is 0 Å². The number of nitrogens with zero attached hydrogens (tertiary/aromatic N) is 2. The molecule has 0 radical (unpaired) electrons. The predicted molar refractivity (Wildman–Crippen MR) is 81.2 cm³/mol. The molecule has 0 fully saturated rings. The number of fused-ring (bicyclic) bond motifs is 1. The summed E-state index contributed by atoms with van der Waals surface area (Å²) in [5.41, 5.74) is 2.78. The molecule has 0 bridgehead atoms. The van der Waals surface area contributed by atoms with Crippen LogP contribution in [0.2, 0.25) is 0 Å². The van der Waals surface area contributed by atoms with Crippen LogP contribution in [-0.2, 0) is 4.79 Å². The fourth-order valence-electron chi connectivity index (χ4n) is 2.78. The SMILES string of the molecule is Cc1cc(C)c2c(c1)C(=O)C(=O)N2CCCC(C)(C)C#N. The number of carbonyl (C=O) groups excluding carboxylic acids is 2. The Balaban J connectivity index is 2.22. The average Bonchev–Trinajstić information content (AvgIpc) is 2.64. The van der Waals surface area contributed by atoms with Crippen LogP contribution in [0.15, 0.2) is 12.1 Å². The quantitative estimate of drug-likeness (QED) is 0.798. The van der Waals surface area contributed by atoms with Crippen molar-refractivity contribution in [1.82, 2.24) is 0 Å². The van der Waals surface area contributed by atoms with Crippen LogP contribution in [0.3, 0.4) is 0 Å².